The van der Waals surface area contributed by atoms with E-state index in [9.17, 15) is 8.78 Å². The molecule has 2 aromatic rings. The van der Waals surface area contributed by atoms with Crippen LogP contribution < -0.4 is 14.8 Å². The Morgan fingerprint density at radius 2 is 1.67 bits per heavy atom. The fourth-order valence-electron chi connectivity index (χ4n) is 1.81. The molecule has 0 spiro atoms. The Morgan fingerprint density at radius 3 is 2.43 bits per heavy atom. The summed E-state index contributed by atoms with van der Waals surface area (Å²) in [7, 11) is 0. The Hall–Kier alpha value is -2.30. The lowest BCUT2D eigenvalue weighted by atomic mass is 10.3. The molecule has 0 fully saturated rings. The molecule has 5 heteroatoms. The number of rotatable bonds is 8. The SMILES string of the molecule is FC(F)Oc1ccccc1NCCCOc1ccccc1. The summed E-state index contributed by atoms with van der Waals surface area (Å²) in [6, 6.07) is 16.1. The quantitative estimate of drug-likeness (QED) is 0.741. The number of hydrogen-bond acceptors (Lipinski definition) is 3. The van der Waals surface area contributed by atoms with Gasteiger partial charge < -0.3 is 14.8 Å². The molecule has 0 atom stereocenters. The second kappa shape index (κ2) is 8.09. The minimum absolute atomic E-state index is 0.150. The van der Waals surface area contributed by atoms with Crippen LogP contribution in [0.4, 0.5) is 14.5 Å². The maximum absolute atomic E-state index is 12.3. The van der Waals surface area contributed by atoms with Crippen molar-refractivity contribution in [3.63, 3.8) is 0 Å². The molecule has 2 aromatic carbocycles. The number of anilines is 1. The third kappa shape index (κ3) is 5.30. The average Bonchev–Trinajstić information content (AvgIpc) is 2.49. The van der Waals surface area contributed by atoms with Gasteiger partial charge in [-0.1, -0.05) is 30.3 Å². The molecule has 1 N–H and O–H groups in total. The van der Waals surface area contributed by atoms with Gasteiger partial charge in [0.05, 0.1) is 12.3 Å². The number of alkyl halides is 2. The molecule has 0 radical (unpaired) electrons. The van der Waals surface area contributed by atoms with Crippen molar-refractivity contribution in [2.75, 3.05) is 18.5 Å². The molecule has 21 heavy (non-hydrogen) atoms. The van der Waals surface area contributed by atoms with Crippen LogP contribution in [0.15, 0.2) is 54.6 Å². The van der Waals surface area contributed by atoms with Gasteiger partial charge >= 0.3 is 6.61 Å². The van der Waals surface area contributed by atoms with E-state index in [4.69, 9.17) is 4.74 Å². The van der Waals surface area contributed by atoms with Crippen LogP contribution in [0, 0.1) is 0 Å². The van der Waals surface area contributed by atoms with Crippen molar-refractivity contribution in [1.29, 1.82) is 0 Å². The van der Waals surface area contributed by atoms with Gasteiger partial charge in [0.2, 0.25) is 0 Å². The summed E-state index contributed by atoms with van der Waals surface area (Å²) in [5.41, 5.74) is 0.553. The highest BCUT2D eigenvalue weighted by atomic mass is 19.3. The second-order valence-corrected chi connectivity index (χ2v) is 4.32. The van der Waals surface area contributed by atoms with Crippen LogP contribution >= 0.6 is 0 Å². The van der Waals surface area contributed by atoms with E-state index in [2.05, 4.69) is 10.1 Å². The Kier molecular flexibility index (Phi) is 5.82. The summed E-state index contributed by atoms with van der Waals surface area (Å²) < 4.78 is 34.5. The van der Waals surface area contributed by atoms with Gasteiger partial charge in [0.15, 0.2) is 0 Å². The van der Waals surface area contributed by atoms with Crippen LogP contribution in [-0.2, 0) is 0 Å². The Labute approximate surface area is 122 Å². The van der Waals surface area contributed by atoms with Gasteiger partial charge in [-0.25, -0.2) is 0 Å². The predicted molar refractivity (Wildman–Crippen MR) is 78.1 cm³/mol. The molecule has 0 saturated heterocycles. The topological polar surface area (TPSA) is 30.5 Å². The van der Waals surface area contributed by atoms with Gasteiger partial charge in [0.25, 0.3) is 0 Å². The minimum atomic E-state index is -2.82. The number of halogens is 2. The maximum atomic E-state index is 12.3. The van der Waals surface area contributed by atoms with E-state index in [-0.39, 0.29) is 5.75 Å². The fraction of sp³-hybridized carbons (Fsp3) is 0.250. The largest absolute Gasteiger partial charge is 0.494 e. The molecule has 112 valence electrons. The van der Waals surface area contributed by atoms with Crippen molar-refractivity contribution < 1.29 is 18.3 Å². The van der Waals surface area contributed by atoms with Crippen molar-refractivity contribution in [2.24, 2.45) is 0 Å². The van der Waals surface area contributed by atoms with Crippen LogP contribution in [0.3, 0.4) is 0 Å². The molecule has 0 unspecified atom stereocenters. The highest BCUT2D eigenvalue weighted by Gasteiger charge is 2.08. The minimum Gasteiger partial charge on any atom is -0.494 e. The normalized spacial score (nSPS) is 10.4. The van der Waals surface area contributed by atoms with Gasteiger partial charge in [0.1, 0.15) is 11.5 Å². The summed E-state index contributed by atoms with van der Waals surface area (Å²) in [5, 5.41) is 3.07. The zero-order valence-electron chi connectivity index (χ0n) is 11.5. The van der Waals surface area contributed by atoms with Crippen molar-refractivity contribution in [2.45, 2.75) is 13.0 Å². The van der Waals surface area contributed by atoms with Crippen molar-refractivity contribution in [3.8, 4) is 11.5 Å². The summed E-state index contributed by atoms with van der Waals surface area (Å²) in [4.78, 5) is 0. The number of ether oxygens (including phenoxy) is 2. The number of nitrogens with one attached hydrogen (secondary N) is 1. The van der Waals surface area contributed by atoms with E-state index in [1.54, 1.807) is 18.2 Å². The van der Waals surface area contributed by atoms with Gasteiger partial charge in [-0.3, -0.25) is 0 Å². The smallest absolute Gasteiger partial charge is 0.387 e. The Morgan fingerprint density at radius 1 is 0.952 bits per heavy atom. The van der Waals surface area contributed by atoms with Gasteiger partial charge in [-0.05, 0) is 30.7 Å². The van der Waals surface area contributed by atoms with Gasteiger partial charge in [-0.15, -0.1) is 0 Å². The Bertz CT molecular complexity index is 535. The lowest BCUT2D eigenvalue weighted by Crippen LogP contribution is -2.10. The van der Waals surface area contributed by atoms with Gasteiger partial charge in [-0.2, -0.15) is 8.78 Å². The summed E-state index contributed by atoms with van der Waals surface area (Å²) >= 11 is 0. The maximum Gasteiger partial charge on any atom is 0.387 e. The first-order chi connectivity index (χ1) is 10.3. The third-order valence-electron chi connectivity index (χ3n) is 2.75. The van der Waals surface area contributed by atoms with Crippen molar-refractivity contribution >= 4 is 5.69 Å². The van der Waals surface area contributed by atoms with Crippen LogP contribution in [0.1, 0.15) is 6.42 Å². The lowest BCUT2D eigenvalue weighted by molar-refractivity contribution is -0.0493. The molecule has 0 aromatic heterocycles. The summed E-state index contributed by atoms with van der Waals surface area (Å²) in [6.45, 7) is -1.67. The first-order valence-electron chi connectivity index (χ1n) is 6.71. The monoisotopic (exact) mass is 293 g/mol. The van der Waals surface area contributed by atoms with Crippen molar-refractivity contribution in [1.82, 2.24) is 0 Å². The predicted octanol–water partition coefficient (Wildman–Crippen LogP) is 4.17. The third-order valence-corrected chi connectivity index (χ3v) is 2.75. The molecule has 0 aliphatic rings. The summed E-state index contributed by atoms with van der Waals surface area (Å²) in [6.07, 6.45) is 0.748. The molecular formula is C16H17F2NO2. The van der Waals surface area contributed by atoms with E-state index < -0.39 is 6.61 Å². The molecular weight excluding hydrogens is 276 g/mol. The fourth-order valence-corrected chi connectivity index (χ4v) is 1.81. The highest BCUT2D eigenvalue weighted by Crippen LogP contribution is 2.25. The van der Waals surface area contributed by atoms with Crippen LogP contribution in [0.2, 0.25) is 0 Å². The molecule has 0 heterocycles. The highest BCUT2D eigenvalue weighted by molar-refractivity contribution is 5.56. The number of hydrogen-bond donors (Lipinski definition) is 1. The first kappa shape index (κ1) is 15.1. The van der Waals surface area contributed by atoms with Crippen molar-refractivity contribution in [3.05, 3.63) is 54.6 Å². The molecule has 0 saturated carbocycles. The average molecular weight is 293 g/mol. The lowest BCUT2D eigenvalue weighted by Gasteiger charge is -2.12. The number of benzene rings is 2. The van der Waals surface area contributed by atoms with E-state index in [1.165, 1.54) is 6.07 Å². The van der Waals surface area contributed by atoms with E-state index in [0.29, 0.717) is 18.8 Å². The standard InChI is InChI=1S/C16H17F2NO2/c17-16(18)21-15-10-5-4-9-14(15)19-11-6-12-20-13-7-2-1-3-8-13/h1-5,7-10,16,19H,6,11-12H2. The van der Waals surface area contributed by atoms with Gasteiger partial charge in [0, 0.05) is 6.54 Å². The van der Waals surface area contributed by atoms with Crippen LogP contribution in [0.25, 0.3) is 0 Å². The van der Waals surface area contributed by atoms with Crippen LogP contribution in [-0.4, -0.2) is 19.8 Å². The van der Waals surface area contributed by atoms with Crippen LogP contribution in [0.5, 0.6) is 11.5 Å². The molecule has 0 aliphatic carbocycles. The molecule has 0 amide bonds. The number of para-hydroxylation sites is 3. The van der Waals surface area contributed by atoms with E-state index >= 15 is 0 Å². The summed E-state index contributed by atoms with van der Waals surface area (Å²) in [5.74, 6) is 0.968. The Balaban J connectivity index is 1.73. The molecule has 0 bridgehead atoms. The zero-order chi connectivity index (χ0) is 14.9. The first-order valence-corrected chi connectivity index (χ1v) is 6.71. The molecule has 0 aliphatic heterocycles. The van der Waals surface area contributed by atoms with E-state index in [0.717, 1.165) is 12.2 Å². The molecule has 2 rings (SSSR count). The zero-order valence-corrected chi connectivity index (χ0v) is 11.5. The second-order valence-electron chi connectivity index (χ2n) is 4.32. The molecule has 3 nitrogen and oxygen atoms in total. The van der Waals surface area contributed by atoms with E-state index in [1.807, 2.05) is 30.3 Å².